The number of rotatable bonds is 2. The maximum Gasteiger partial charge on any atom is 0.264 e. The molecule has 1 aliphatic heterocycles. The quantitative estimate of drug-likeness (QED) is 0.586. The minimum atomic E-state index is -0.231. The van der Waals surface area contributed by atoms with Crippen molar-refractivity contribution in [2.75, 3.05) is 0 Å². The Balaban J connectivity index is 1.64. The van der Waals surface area contributed by atoms with Gasteiger partial charge in [0, 0.05) is 6.92 Å². The molecule has 1 amide bonds. The van der Waals surface area contributed by atoms with Crippen molar-refractivity contribution in [3.05, 3.63) is 62.8 Å². The van der Waals surface area contributed by atoms with Crippen LogP contribution in [0.4, 0.5) is 5.69 Å². The Bertz CT molecular complexity index is 1080. The zero-order valence-electron chi connectivity index (χ0n) is 13.4. The highest BCUT2D eigenvalue weighted by Gasteiger charge is 2.24. The van der Waals surface area contributed by atoms with E-state index in [2.05, 4.69) is 15.3 Å². The number of aromatic nitrogens is 1. The summed E-state index contributed by atoms with van der Waals surface area (Å²) >= 11 is 13.5. The number of carbonyl (C=O) groups excluding carboxylic acids is 1. The fourth-order valence-electron chi connectivity index (χ4n) is 2.48. The summed E-state index contributed by atoms with van der Waals surface area (Å²) < 4.78 is 5.53. The van der Waals surface area contributed by atoms with E-state index in [1.54, 1.807) is 31.2 Å². The van der Waals surface area contributed by atoms with Crippen molar-refractivity contribution >= 4 is 68.9 Å². The first-order chi connectivity index (χ1) is 12.5. The summed E-state index contributed by atoms with van der Waals surface area (Å²) in [7, 11) is 0. The van der Waals surface area contributed by atoms with Crippen LogP contribution in [0.2, 0.25) is 10.0 Å². The first-order valence-corrected chi connectivity index (χ1v) is 9.17. The van der Waals surface area contributed by atoms with Gasteiger partial charge in [0.05, 0.1) is 15.0 Å². The average molecular weight is 404 g/mol. The number of thioether (sulfide) groups is 1. The number of amidine groups is 1. The fraction of sp³-hybridized carbons (Fsp3) is 0.0556. The normalized spacial score (nSPS) is 17.4. The third-order valence-corrected chi connectivity index (χ3v) is 5.14. The lowest BCUT2D eigenvalue weighted by atomic mass is 10.2. The van der Waals surface area contributed by atoms with Gasteiger partial charge < -0.3 is 9.73 Å². The second kappa shape index (κ2) is 6.79. The van der Waals surface area contributed by atoms with Crippen molar-refractivity contribution in [1.29, 1.82) is 0 Å². The minimum Gasteiger partial charge on any atom is -0.441 e. The van der Waals surface area contributed by atoms with E-state index in [0.29, 0.717) is 37.3 Å². The molecule has 0 aliphatic carbocycles. The van der Waals surface area contributed by atoms with Gasteiger partial charge in [0.1, 0.15) is 11.2 Å². The predicted octanol–water partition coefficient (Wildman–Crippen LogP) is 5.33. The lowest BCUT2D eigenvalue weighted by Gasteiger charge is -2.01. The Hall–Kier alpha value is -2.28. The first-order valence-electron chi connectivity index (χ1n) is 7.60. The van der Waals surface area contributed by atoms with E-state index in [4.69, 9.17) is 27.6 Å². The van der Waals surface area contributed by atoms with Crippen LogP contribution < -0.4 is 5.32 Å². The number of amides is 1. The number of para-hydroxylation sites is 1. The monoisotopic (exact) mass is 403 g/mol. The van der Waals surface area contributed by atoms with Gasteiger partial charge in [0.15, 0.2) is 16.6 Å². The summed E-state index contributed by atoms with van der Waals surface area (Å²) in [5, 5.41) is 3.98. The topological polar surface area (TPSA) is 67.5 Å². The van der Waals surface area contributed by atoms with E-state index in [0.717, 1.165) is 11.1 Å². The Labute approximate surface area is 163 Å². The molecule has 130 valence electrons. The van der Waals surface area contributed by atoms with E-state index < -0.39 is 0 Å². The zero-order valence-corrected chi connectivity index (χ0v) is 15.7. The maximum atomic E-state index is 12.2. The number of nitrogens with one attached hydrogen (secondary N) is 1. The van der Waals surface area contributed by atoms with Crippen molar-refractivity contribution in [3.8, 4) is 0 Å². The number of nitrogens with zero attached hydrogens (tertiary/aromatic N) is 2. The predicted molar refractivity (Wildman–Crippen MR) is 106 cm³/mol. The maximum absolute atomic E-state index is 12.2. The second-order valence-electron chi connectivity index (χ2n) is 5.51. The molecule has 1 saturated heterocycles. The molecule has 26 heavy (non-hydrogen) atoms. The molecule has 0 atom stereocenters. The molecule has 4 rings (SSSR count). The van der Waals surface area contributed by atoms with Gasteiger partial charge in [-0.1, -0.05) is 35.3 Å². The van der Waals surface area contributed by atoms with Gasteiger partial charge in [0.25, 0.3) is 5.91 Å². The number of aliphatic imine (C=N–C) groups is 1. The van der Waals surface area contributed by atoms with Crippen molar-refractivity contribution in [2.24, 2.45) is 4.99 Å². The number of carbonyl (C=O) groups is 1. The summed E-state index contributed by atoms with van der Waals surface area (Å²) in [5.74, 6) is 0.370. The van der Waals surface area contributed by atoms with E-state index in [1.165, 1.54) is 11.8 Å². The molecule has 8 heteroatoms. The number of halogens is 2. The van der Waals surface area contributed by atoms with Gasteiger partial charge in [-0.15, -0.1) is 0 Å². The zero-order chi connectivity index (χ0) is 18.3. The average Bonchev–Trinajstić information content (AvgIpc) is 3.12. The highest BCUT2D eigenvalue weighted by atomic mass is 35.5. The molecule has 1 aliphatic rings. The first kappa shape index (κ1) is 17.1. The Morgan fingerprint density at radius 3 is 2.77 bits per heavy atom. The van der Waals surface area contributed by atoms with Crippen LogP contribution >= 0.6 is 35.0 Å². The smallest absolute Gasteiger partial charge is 0.264 e. The number of benzene rings is 2. The van der Waals surface area contributed by atoms with E-state index in [-0.39, 0.29) is 5.91 Å². The molecule has 3 aromatic rings. The molecule has 1 fully saturated rings. The van der Waals surface area contributed by atoms with Crippen LogP contribution in [-0.2, 0) is 4.79 Å². The Morgan fingerprint density at radius 2 is 2.00 bits per heavy atom. The summed E-state index contributed by atoms with van der Waals surface area (Å²) in [4.78, 5) is 21.4. The van der Waals surface area contributed by atoms with Crippen molar-refractivity contribution < 1.29 is 9.21 Å². The van der Waals surface area contributed by atoms with Crippen LogP contribution in [0.5, 0.6) is 0 Å². The molecule has 1 N–H and O–H groups in total. The van der Waals surface area contributed by atoms with Crippen LogP contribution in [-0.4, -0.2) is 16.1 Å². The second-order valence-corrected chi connectivity index (χ2v) is 7.36. The van der Waals surface area contributed by atoms with Gasteiger partial charge in [-0.05, 0) is 47.7 Å². The van der Waals surface area contributed by atoms with Crippen LogP contribution in [0, 0.1) is 6.92 Å². The molecule has 0 radical (unpaired) electrons. The fourth-order valence-corrected chi connectivity index (χ4v) is 3.79. The van der Waals surface area contributed by atoms with Crippen LogP contribution in [0.3, 0.4) is 0 Å². The van der Waals surface area contributed by atoms with Gasteiger partial charge in [-0.25, -0.2) is 9.98 Å². The molecule has 0 unspecified atom stereocenters. The standard InChI is InChI=1S/C18H11Cl2N3O2S/c1-9-21-13-6-5-10(7-14(13)25-9)8-15-17(24)23-18(26-15)22-16-11(19)3-2-4-12(16)20/h2-8H,1H3,(H,22,23,24)/b15-8-. The van der Waals surface area contributed by atoms with Gasteiger partial charge in [-0.2, -0.15) is 0 Å². The van der Waals surface area contributed by atoms with Crippen molar-refractivity contribution in [2.45, 2.75) is 6.92 Å². The molecular formula is C18H11Cl2N3O2S. The molecular weight excluding hydrogens is 393 g/mol. The summed E-state index contributed by atoms with van der Waals surface area (Å²) in [6, 6.07) is 10.7. The van der Waals surface area contributed by atoms with Crippen LogP contribution in [0.1, 0.15) is 11.5 Å². The molecule has 5 nitrogen and oxygen atoms in total. The molecule has 0 spiro atoms. The van der Waals surface area contributed by atoms with E-state index in [9.17, 15) is 4.79 Å². The lowest BCUT2D eigenvalue weighted by molar-refractivity contribution is -0.115. The largest absolute Gasteiger partial charge is 0.441 e. The highest BCUT2D eigenvalue weighted by Crippen LogP contribution is 2.35. The summed E-state index contributed by atoms with van der Waals surface area (Å²) in [5.41, 5.74) is 2.72. The minimum absolute atomic E-state index is 0.231. The number of aryl methyl sites for hydroxylation is 1. The molecule has 0 bridgehead atoms. The third kappa shape index (κ3) is 3.35. The van der Waals surface area contributed by atoms with Gasteiger partial charge in [0.2, 0.25) is 0 Å². The van der Waals surface area contributed by atoms with Crippen LogP contribution in [0.25, 0.3) is 17.2 Å². The number of hydrogen-bond donors (Lipinski definition) is 1. The van der Waals surface area contributed by atoms with E-state index >= 15 is 0 Å². The van der Waals surface area contributed by atoms with Crippen molar-refractivity contribution in [1.82, 2.24) is 10.3 Å². The van der Waals surface area contributed by atoms with Gasteiger partial charge in [-0.3, -0.25) is 4.79 Å². The molecule has 2 heterocycles. The number of oxazole rings is 1. The number of fused-ring (bicyclic) bond motifs is 1. The summed E-state index contributed by atoms with van der Waals surface area (Å²) in [6.07, 6.45) is 1.77. The Morgan fingerprint density at radius 1 is 1.23 bits per heavy atom. The number of hydrogen-bond acceptors (Lipinski definition) is 5. The summed E-state index contributed by atoms with van der Waals surface area (Å²) in [6.45, 7) is 1.79. The molecule has 1 aromatic heterocycles. The highest BCUT2D eigenvalue weighted by molar-refractivity contribution is 8.18. The van der Waals surface area contributed by atoms with Crippen LogP contribution in [0.15, 0.2) is 50.7 Å². The Kier molecular flexibility index (Phi) is 4.48. The molecule has 0 saturated carbocycles. The lowest BCUT2D eigenvalue weighted by Crippen LogP contribution is -2.19. The van der Waals surface area contributed by atoms with Crippen molar-refractivity contribution in [3.63, 3.8) is 0 Å². The van der Waals surface area contributed by atoms with E-state index in [1.807, 2.05) is 18.2 Å². The SMILES string of the molecule is Cc1nc2ccc(/C=C3\S/C(=N/c4c(Cl)cccc4Cl)NC3=O)cc2o1. The molecule has 2 aromatic carbocycles. The third-order valence-electron chi connectivity index (χ3n) is 3.62. The van der Waals surface area contributed by atoms with Gasteiger partial charge >= 0.3 is 0 Å².